The fraction of sp³-hybridized carbons (Fsp3) is 0.222. The molecule has 5 heteroatoms. The number of ketones is 1. The average Bonchev–Trinajstić information content (AvgIpc) is 2.56. The van der Waals surface area contributed by atoms with Crippen molar-refractivity contribution < 1.29 is 19.1 Å². The Kier molecular flexibility index (Phi) is 5.77. The van der Waals surface area contributed by atoms with Crippen LogP contribution in [0.3, 0.4) is 0 Å². The van der Waals surface area contributed by atoms with Crippen molar-refractivity contribution in [1.29, 1.82) is 0 Å². The van der Waals surface area contributed by atoms with Crippen molar-refractivity contribution in [3.63, 3.8) is 0 Å². The molecule has 0 aliphatic carbocycles. The number of benzene rings is 2. The highest BCUT2D eigenvalue weighted by atomic mass is 35.5. The topological polar surface area (TPSA) is 52.6 Å². The van der Waals surface area contributed by atoms with E-state index in [1.165, 1.54) is 0 Å². The molecule has 0 aromatic heterocycles. The largest absolute Gasteiger partial charge is 0.479 e. The number of hydrogen-bond donors (Lipinski definition) is 0. The number of ether oxygens (including phenoxy) is 2. The van der Waals surface area contributed by atoms with Crippen molar-refractivity contribution in [1.82, 2.24) is 0 Å². The standard InChI is InChI=1S/C18H17ClO4/c1-3-22-18(21)12(2)23-16-10-6-14(7-11-16)17(20)13-4-8-15(19)9-5-13/h4-12H,3H2,1-2H3. The number of carbonyl (C=O) groups is 2. The SMILES string of the molecule is CCOC(=O)C(C)Oc1ccc(C(=O)c2ccc(Cl)cc2)cc1. The van der Waals surface area contributed by atoms with Gasteiger partial charge < -0.3 is 9.47 Å². The molecule has 4 nitrogen and oxygen atoms in total. The van der Waals surface area contributed by atoms with Gasteiger partial charge in [0.1, 0.15) is 5.75 Å². The van der Waals surface area contributed by atoms with Gasteiger partial charge in [-0.1, -0.05) is 11.6 Å². The summed E-state index contributed by atoms with van der Waals surface area (Å²) in [7, 11) is 0. The van der Waals surface area contributed by atoms with Gasteiger partial charge in [0.2, 0.25) is 0 Å². The average molecular weight is 333 g/mol. The minimum atomic E-state index is -0.701. The summed E-state index contributed by atoms with van der Waals surface area (Å²) in [6.45, 7) is 3.66. The minimum Gasteiger partial charge on any atom is -0.479 e. The van der Waals surface area contributed by atoms with Crippen LogP contribution in [0.25, 0.3) is 0 Å². The molecule has 0 heterocycles. The number of carbonyl (C=O) groups excluding carboxylic acids is 2. The predicted molar refractivity (Wildman–Crippen MR) is 88.0 cm³/mol. The molecule has 0 N–H and O–H groups in total. The summed E-state index contributed by atoms with van der Waals surface area (Å²) in [6, 6.07) is 13.3. The van der Waals surface area contributed by atoms with Crippen LogP contribution >= 0.6 is 11.6 Å². The molecule has 0 amide bonds. The maximum Gasteiger partial charge on any atom is 0.347 e. The summed E-state index contributed by atoms with van der Waals surface area (Å²) in [5.74, 6) is -0.0290. The molecule has 0 saturated heterocycles. The molecule has 0 spiro atoms. The second kappa shape index (κ2) is 7.79. The van der Waals surface area contributed by atoms with Gasteiger partial charge in [0.05, 0.1) is 6.61 Å². The summed E-state index contributed by atoms with van der Waals surface area (Å²) in [5.41, 5.74) is 1.09. The van der Waals surface area contributed by atoms with Gasteiger partial charge >= 0.3 is 5.97 Å². The van der Waals surface area contributed by atoms with Crippen molar-refractivity contribution in [2.45, 2.75) is 20.0 Å². The van der Waals surface area contributed by atoms with E-state index in [1.54, 1.807) is 62.4 Å². The van der Waals surface area contributed by atoms with Gasteiger partial charge in [-0.2, -0.15) is 0 Å². The zero-order valence-electron chi connectivity index (χ0n) is 12.9. The predicted octanol–water partition coefficient (Wildman–Crippen LogP) is 3.90. The Morgan fingerprint density at radius 2 is 1.52 bits per heavy atom. The normalized spacial score (nSPS) is 11.6. The molecule has 0 radical (unpaired) electrons. The smallest absolute Gasteiger partial charge is 0.347 e. The zero-order chi connectivity index (χ0) is 16.8. The van der Waals surface area contributed by atoms with Crippen LogP contribution in [-0.2, 0) is 9.53 Å². The summed E-state index contributed by atoms with van der Waals surface area (Å²) < 4.78 is 10.4. The second-order valence-corrected chi connectivity index (χ2v) is 5.31. The van der Waals surface area contributed by atoms with Crippen LogP contribution in [-0.4, -0.2) is 24.5 Å². The maximum absolute atomic E-state index is 12.3. The van der Waals surface area contributed by atoms with Crippen LogP contribution in [0.15, 0.2) is 48.5 Å². The van der Waals surface area contributed by atoms with E-state index in [-0.39, 0.29) is 5.78 Å². The Morgan fingerprint density at radius 1 is 1.00 bits per heavy atom. The van der Waals surface area contributed by atoms with E-state index in [4.69, 9.17) is 21.1 Å². The van der Waals surface area contributed by atoms with E-state index in [9.17, 15) is 9.59 Å². The van der Waals surface area contributed by atoms with Crippen molar-refractivity contribution in [3.8, 4) is 5.75 Å². The molecular formula is C18H17ClO4. The fourth-order valence-corrected chi connectivity index (χ4v) is 2.09. The second-order valence-electron chi connectivity index (χ2n) is 4.87. The van der Waals surface area contributed by atoms with Gasteiger partial charge in [-0.15, -0.1) is 0 Å². The van der Waals surface area contributed by atoms with Gasteiger partial charge in [-0.3, -0.25) is 4.79 Å². The first-order valence-corrected chi connectivity index (χ1v) is 7.62. The summed E-state index contributed by atoms with van der Waals surface area (Å²) in [5, 5.41) is 0.582. The van der Waals surface area contributed by atoms with E-state index < -0.39 is 12.1 Å². The van der Waals surface area contributed by atoms with Gasteiger partial charge in [-0.05, 0) is 62.4 Å². The number of rotatable bonds is 6. The Morgan fingerprint density at radius 3 is 2.04 bits per heavy atom. The fourth-order valence-electron chi connectivity index (χ4n) is 1.96. The summed E-state index contributed by atoms with van der Waals surface area (Å²) >= 11 is 5.81. The van der Waals surface area contributed by atoms with Crippen LogP contribution in [0.4, 0.5) is 0 Å². The summed E-state index contributed by atoms with van der Waals surface area (Å²) in [6.07, 6.45) is -0.701. The molecule has 2 aromatic rings. The molecule has 23 heavy (non-hydrogen) atoms. The monoisotopic (exact) mass is 332 g/mol. The first kappa shape index (κ1) is 17.0. The third-order valence-corrected chi connectivity index (χ3v) is 3.41. The van der Waals surface area contributed by atoms with E-state index in [0.717, 1.165) is 0 Å². The van der Waals surface area contributed by atoms with Crippen LogP contribution < -0.4 is 4.74 Å². The van der Waals surface area contributed by atoms with Crippen molar-refractivity contribution >= 4 is 23.4 Å². The molecule has 0 bridgehead atoms. The first-order valence-electron chi connectivity index (χ1n) is 7.25. The lowest BCUT2D eigenvalue weighted by Gasteiger charge is -2.13. The molecule has 0 fully saturated rings. The number of esters is 1. The van der Waals surface area contributed by atoms with Gasteiger partial charge in [0.25, 0.3) is 0 Å². The minimum absolute atomic E-state index is 0.105. The Hall–Kier alpha value is -2.33. The highest BCUT2D eigenvalue weighted by Gasteiger charge is 2.16. The van der Waals surface area contributed by atoms with Crippen molar-refractivity contribution in [3.05, 3.63) is 64.7 Å². The van der Waals surface area contributed by atoms with Gasteiger partial charge in [0.15, 0.2) is 11.9 Å². The van der Waals surface area contributed by atoms with Crippen LogP contribution in [0.2, 0.25) is 5.02 Å². The Labute approximate surface area is 140 Å². The lowest BCUT2D eigenvalue weighted by atomic mass is 10.0. The van der Waals surface area contributed by atoms with Gasteiger partial charge in [0, 0.05) is 16.1 Å². The van der Waals surface area contributed by atoms with E-state index in [0.29, 0.717) is 28.5 Å². The van der Waals surface area contributed by atoms with E-state index >= 15 is 0 Å². The van der Waals surface area contributed by atoms with Crippen LogP contribution in [0.5, 0.6) is 5.75 Å². The quantitative estimate of drug-likeness (QED) is 0.594. The Bertz CT molecular complexity index is 677. The van der Waals surface area contributed by atoms with E-state index in [1.807, 2.05) is 0 Å². The lowest BCUT2D eigenvalue weighted by Crippen LogP contribution is -2.26. The van der Waals surface area contributed by atoms with Crippen LogP contribution in [0, 0.1) is 0 Å². The zero-order valence-corrected chi connectivity index (χ0v) is 13.7. The number of halogens is 1. The number of hydrogen-bond acceptors (Lipinski definition) is 4. The molecular weight excluding hydrogens is 316 g/mol. The van der Waals surface area contributed by atoms with Crippen LogP contribution in [0.1, 0.15) is 29.8 Å². The van der Waals surface area contributed by atoms with Gasteiger partial charge in [-0.25, -0.2) is 4.79 Å². The third-order valence-electron chi connectivity index (χ3n) is 3.15. The molecule has 1 atom stereocenters. The third kappa shape index (κ3) is 4.57. The maximum atomic E-state index is 12.3. The molecule has 2 aromatic carbocycles. The highest BCUT2D eigenvalue weighted by molar-refractivity contribution is 6.30. The molecule has 2 rings (SSSR count). The van der Waals surface area contributed by atoms with Crippen molar-refractivity contribution in [2.24, 2.45) is 0 Å². The molecule has 0 aliphatic rings. The first-order chi connectivity index (χ1) is 11.0. The van der Waals surface area contributed by atoms with E-state index in [2.05, 4.69) is 0 Å². The highest BCUT2D eigenvalue weighted by Crippen LogP contribution is 2.18. The Balaban J connectivity index is 2.05. The molecule has 0 saturated carbocycles. The lowest BCUT2D eigenvalue weighted by molar-refractivity contribution is -0.150. The van der Waals surface area contributed by atoms with Crippen molar-refractivity contribution in [2.75, 3.05) is 6.61 Å². The molecule has 1 unspecified atom stereocenters. The summed E-state index contributed by atoms with van der Waals surface area (Å²) in [4.78, 5) is 23.8. The molecule has 0 aliphatic heterocycles. The molecule has 120 valence electrons.